The predicted molar refractivity (Wildman–Crippen MR) is 352 cm³/mol. The molecule has 0 N–H and O–H groups in total. The van der Waals surface area contributed by atoms with Crippen molar-refractivity contribution in [2.75, 3.05) is 42.7 Å². The zero-order valence-electron chi connectivity index (χ0n) is 52.0. The maximum Gasteiger partial charge on any atom is 0.536 e. The Morgan fingerprint density at radius 3 is 0.592 bits per heavy atom. The maximum atomic E-state index is 6.61. The van der Waals surface area contributed by atoms with Crippen LogP contribution in [0.2, 0.25) is 72.5 Å². The van der Waals surface area contributed by atoms with Crippen molar-refractivity contribution in [3.8, 4) is 0 Å². The van der Waals surface area contributed by atoms with Gasteiger partial charge in [-0.1, -0.05) is 257 Å². The van der Waals surface area contributed by atoms with Crippen LogP contribution >= 0.6 is 0 Å². The summed E-state index contributed by atoms with van der Waals surface area (Å²) in [5, 5.41) is 21.4. The summed E-state index contributed by atoms with van der Waals surface area (Å²) >= 11 is 0. The van der Waals surface area contributed by atoms with Crippen molar-refractivity contribution >= 4 is 124 Å². The molecule has 5 aromatic rings. The molecule has 12 heteroatoms. The Kier molecular flexibility index (Phi) is 25.0. The lowest BCUT2D eigenvalue weighted by Gasteiger charge is -2.41. The Morgan fingerprint density at radius 2 is 0.421 bits per heavy atom. The summed E-state index contributed by atoms with van der Waals surface area (Å²) in [6, 6.07) is 36.7. The monoisotopic (exact) mass is 1140 g/mol. The fourth-order valence-corrected chi connectivity index (χ4v) is 45.1. The first-order valence-electron chi connectivity index (χ1n) is 31.0. The molecule has 0 aliphatic heterocycles. The summed E-state index contributed by atoms with van der Waals surface area (Å²) in [6.07, 6.45) is 14.5. The molecule has 426 valence electrons. The van der Waals surface area contributed by atoms with Crippen LogP contribution < -0.4 is 31.1 Å². The molecule has 5 rings (SSSR count). The van der Waals surface area contributed by atoms with E-state index in [2.05, 4.69) is 132 Å². The Balaban J connectivity index is 2.53. The molecule has 0 atom stereocenters. The highest BCUT2D eigenvalue weighted by atomic mass is 28.4. The molecule has 0 amide bonds. The number of rotatable bonds is 36. The molecule has 0 heterocycles. The Hall–Kier alpha value is -1.80. The summed E-state index contributed by atoms with van der Waals surface area (Å²) in [4.78, 5) is 0. The van der Waals surface area contributed by atoms with Gasteiger partial charge in [-0.2, -0.15) is 0 Å². The fraction of sp³-hybridized carbons (Fsp3) is 0.656. The van der Waals surface area contributed by atoms with Crippen LogP contribution in [0, 0.1) is 0 Å². The van der Waals surface area contributed by atoms with E-state index in [4.69, 9.17) is 26.6 Å². The first kappa shape index (κ1) is 65.0. The highest BCUT2D eigenvalue weighted by Gasteiger charge is 2.53. The van der Waals surface area contributed by atoms with Crippen LogP contribution in [0.5, 0.6) is 0 Å². The molecule has 0 bridgehead atoms. The standard InChI is InChI=1S/C64H110O6Si6/c1-19-35-71(36-20-2,37-21-3)61-51-33-31-32-34-52(51)62(72(38-22-4,39-23-5)40-24-6)54-48-56-55(47-53(54)61)63(73(41-25-7,42-26-8)43-27-9)57-49-59(75(65-13,66-14)67-15)60(76(68-16,69-17)70-18)50-58(57)64(56)74(44-28-10,45-29-11)46-30-12/h31-34,47-50H,19-30,35-46H2,1-18H3. The van der Waals surface area contributed by atoms with Crippen molar-refractivity contribution in [3.05, 3.63) is 48.5 Å². The van der Waals surface area contributed by atoms with Gasteiger partial charge in [0.05, 0.1) is 32.3 Å². The maximum absolute atomic E-state index is 6.61. The first-order valence-corrected chi connectivity index (χ1v) is 45.0. The van der Waals surface area contributed by atoms with Crippen LogP contribution in [0.3, 0.4) is 0 Å². The van der Waals surface area contributed by atoms with E-state index >= 15 is 0 Å². The van der Waals surface area contributed by atoms with E-state index in [0.29, 0.717) is 0 Å². The van der Waals surface area contributed by atoms with Gasteiger partial charge in [-0.25, -0.2) is 0 Å². The van der Waals surface area contributed by atoms with Crippen LogP contribution in [0.15, 0.2) is 48.5 Å². The van der Waals surface area contributed by atoms with Crippen LogP contribution in [0.25, 0.3) is 43.1 Å². The first-order chi connectivity index (χ1) is 36.7. The largest absolute Gasteiger partial charge is 0.536 e. The Bertz CT molecular complexity index is 2370. The van der Waals surface area contributed by atoms with Gasteiger partial charge in [0, 0.05) is 53.0 Å². The second kappa shape index (κ2) is 29.3. The number of benzene rings is 5. The lowest BCUT2D eigenvalue weighted by atomic mass is 9.96. The normalized spacial score (nSPS) is 13.4. The third kappa shape index (κ3) is 11.9. The van der Waals surface area contributed by atoms with Crippen molar-refractivity contribution in [1.82, 2.24) is 0 Å². The van der Waals surface area contributed by atoms with Gasteiger partial charge < -0.3 is 26.6 Å². The van der Waals surface area contributed by atoms with Gasteiger partial charge in [0.2, 0.25) is 0 Å². The van der Waals surface area contributed by atoms with Gasteiger partial charge in [-0.3, -0.25) is 0 Å². The molecule has 0 aliphatic rings. The molecule has 5 aromatic carbocycles. The molecule has 0 saturated heterocycles. The van der Waals surface area contributed by atoms with E-state index in [-0.39, 0.29) is 0 Å². The van der Waals surface area contributed by atoms with Crippen LogP contribution in [0.1, 0.15) is 160 Å². The van der Waals surface area contributed by atoms with Gasteiger partial charge >= 0.3 is 17.6 Å². The molecule has 76 heavy (non-hydrogen) atoms. The van der Waals surface area contributed by atoms with E-state index in [0.717, 1.165) is 10.4 Å². The smallest absolute Gasteiger partial charge is 0.373 e. The van der Waals surface area contributed by atoms with Gasteiger partial charge in [-0.05, 0) is 88.1 Å². The molecule has 0 fully saturated rings. The topological polar surface area (TPSA) is 55.4 Å². The average molecular weight is 1140 g/mol. The molecule has 0 unspecified atom stereocenters. The number of hydrogen-bond donors (Lipinski definition) is 0. The second-order valence-corrected chi connectivity index (χ2v) is 47.4. The Morgan fingerprint density at radius 1 is 0.250 bits per heavy atom. The highest BCUT2D eigenvalue weighted by Crippen LogP contribution is 2.42. The number of fused-ring (bicyclic) bond motifs is 4. The summed E-state index contributed by atoms with van der Waals surface area (Å²) in [5.41, 5.74) is 0. The average Bonchev–Trinajstić information content (AvgIpc) is 3.58. The van der Waals surface area contributed by atoms with E-state index in [1.807, 2.05) is 0 Å². The molecule has 0 aliphatic carbocycles. The van der Waals surface area contributed by atoms with Gasteiger partial charge in [0.25, 0.3) is 0 Å². The third-order valence-corrected chi connectivity index (χ3v) is 48.0. The van der Waals surface area contributed by atoms with Gasteiger partial charge in [-0.15, -0.1) is 0 Å². The summed E-state index contributed by atoms with van der Waals surface area (Å²) < 4.78 is 39.7. The lowest BCUT2D eigenvalue weighted by Crippen LogP contribution is -2.69. The number of hydrogen-bond acceptors (Lipinski definition) is 6. The minimum atomic E-state index is -3.58. The van der Waals surface area contributed by atoms with Crippen molar-refractivity contribution < 1.29 is 26.6 Å². The molecule has 0 spiro atoms. The minimum Gasteiger partial charge on any atom is -0.373 e. The Labute approximate surface area is 471 Å². The summed E-state index contributed by atoms with van der Waals surface area (Å²) in [6.45, 7) is 29.7. The predicted octanol–water partition coefficient (Wildman–Crippen LogP) is 16.0. The molecular formula is C64H110O6Si6. The van der Waals surface area contributed by atoms with Crippen LogP contribution in [0.4, 0.5) is 0 Å². The highest BCUT2D eigenvalue weighted by molar-refractivity contribution is 7.00. The SMILES string of the molecule is CCC[Si](CCC)(CCC)c1c2ccccc2c([Si](CCC)(CCC)CCC)c2cc3c([Si](CCC)(CCC)CCC)c4cc([Si](OC)(OC)OC)c([Si](OC)(OC)OC)cc4c([Si](CCC)(CCC)CCC)c3cc12. The lowest BCUT2D eigenvalue weighted by molar-refractivity contribution is 0.135. The van der Waals surface area contributed by atoms with Crippen molar-refractivity contribution in [2.45, 2.75) is 233 Å². The third-order valence-electron chi connectivity index (χ3n) is 18.5. The van der Waals surface area contributed by atoms with Crippen molar-refractivity contribution in [3.63, 3.8) is 0 Å². The zero-order valence-corrected chi connectivity index (χ0v) is 58.0. The second-order valence-electron chi connectivity index (χ2n) is 23.4. The summed E-state index contributed by atoms with van der Waals surface area (Å²) in [7, 11) is -5.50. The van der Waals surface area contributed by atoms with Gasteiger partial charge in [0.15, 0.2) is 0 Å². The van der Waals surface area contributed by atoms with E-state index in [1.54, 1.807) is 95.7 Å². The molecule has 0 saturated carbocycles. The van der Waals surface area contributed by atoms with Crippen molar-refractivity contribution in [1.29, 1.82) is 0 Å². The van der Waals surface area contributed by atoms with Crippen LogP contribution in [-0.4, -0.2) is 92.6 Å². The zero-order chi connectivity index (χ0) is 56.0. The van der Waals surface area contributed by atoms with E-state index in [1.165, 1.54) is 160 Å². The van der Waals surface area contributed by atoms with E-state index in [9.17, 15) is 0 Å². The molecule has 0 radical (unpaired) electrons. The fourth-order valence-electron chi connectivity index (χ4n) is 16.6. The van der Waals surface area contributed by atoms with Crippen molar-refractivity contribution in [2.24, 2.45) is 0 Å². The van der Waals surface area contributed by atoms with E-state index < -0.39 is 49.9 Å². The summed E-state index contributed by atoms with van der Waals surface area (Å²) in [5.74, 6) is 0. The quantitative estimate of drug-likeness (QED) is 0.0294. The molecule has 6 nitrogen and oxygen atoms in total. The van der Waals surface area contributed by atoms with Crippen LogP contribution in [-0.2, 0) is 26.6 Å². The molecular weight excluding hydrogens is 1030 g/mol. The minimum absolute atomic E-state index is 0.918. The van der Waals surface area contributed by atoms with Gasteiger partial charge in [0.1, 0.15) is 0 Å². The molecule has 0 aromatic heterocycles.